The zero-order valence-corrected chi connectivity index (χ0v) is 17.6. The second kappa shape index (κ2) is 31.3. The van der Waals surface area contributed by atoms with Gasteiger partial charge in [-0.3, -0.25) is 4.79 Å². The Balaban J connectivity index is -0.000000315. The molecule has 0 aromatic heterocycles. The standard InChI is InChI=1S/C10H20O.C7H12O.C6H10O/c1-3-4-5-6-7-8-10(2)9-11;1-2-3-4-5-6-7-8;1-2-3-4-5-6-7/h9-10H,3-8H2,1-2H3;3-4,7H,2,5-6H2,1H3;4-6H,2-3H2,1H3/b;4-3-;5-4+. The van der Waals surface area contributed by atoms with E-state index in [0.29, 0.717) is 6.42 Å². The van der Waals surface area contributed by atoms with Crippen molar-refractivity contribution in [1.82, 2.24) is 0 Å². The molecule has 26 heavy (non-hydrogen) atoms. The molecule has 1 unspecified atom stereocenters. The largest absolute Gasteiger partial charge is 0.303 e. The molecular weight excluding hydrogens is 324 g/mol. The lowest BCUT2D eigenvalue weighted by molar-refractivity contribution is -0.111. The van der Waals surface area contributed by atoms with Crippen molar-refractivity contribution in [3.05, 3.63) is 24.3 Å². The topological polar surface area (TPSA) is 51.2 Å². The molecule has 0 rings (SSSR count). The number of rotatable bonds is 14. The summed E-state index contributed by atoms with van der Waals surface area (Å²) in [6.07, 6.45) is 22.6. The van der Waals surface area contributed by atoms with Gasteiger partial charge in [0.05, 0.1) is 0 Å². The minimum absolute atomic E-state index is 0.275. The SMILES string of the molecule is CC/C=C\CCC=O.CCC/C=C/C=O.CCCCCCCC(C)C=O. The summed E-state index contributed by atoms with van der Waals surface area (Å²) in [5, 5.41) is 0. The number of carbonyl (C=O) groups is 3. The van der Waals surface area contributed by atoms with Gasteiger partial charge in [0.25, 0.3) is 0 Å². The van der Waals surface area contributed by atoms with Crippen LogP contribution < -0.4 is 0 Å². The van der Waals surface area contributed by atoms with Crippen LogP contribution in [0.15, 0.2) is 24.3 Å². The lowest BCUT2D eigenvalue weighted by Gasteiger charge is -2.01. The molecule has 0 fully saturated rings. The molecule has 0 aromatic rings. The molecule has 3 heteroatoms. The average molecular weight is 367 g/mol. The van der Waals surface area contributed by atoms with Gasteiger partial charge in [0, 0.05) is 12.3 Å². The van der Waals surface area contributed by atoms with Crippen LogP contribution in [0.4, 0.5) is 0 Å². The number of allylic oxidation sites excluding steroid dienone is 4. The van der Waals surface area contributed by atoms with Crippen molar-refractivity contribution in [2.24, 2.45) is 5.92 Å². The van der Waals surface area contributed by atoms with E-state index in [2.05, 4.69) is 26.8 Å². The number of hydrogen-bond donors (Lipinski definition) is 0. The Morgan fingerprint density at radius 2 is 1.42 bits per heavy atom. The van der Waals surface area contributed by atoms with E-state index in [0.717, 1.165) is 51.0 Å². The van der Waals surface area contributed by atoms with Gasteiger partial charge in [0.2, 0.25) is 0 Å². The van der Waals surface area contributed by atoms with Crippen LogP contribution in [0.1, 0.15) is 98.3 Å². The van der Waals surface area contributed by atoms with Gasteiger partial charge in [-0.2, -0.15) is 0 Å². The Kier molecular flexibility index (Phi) is 35.2. The third kappa shape index (κ3) is 38.2. The van der Waals surface area contributed by atoms with E-state index in [1.165, 1.54) is 38.2 Å². The number of aldehydes is 3. The van der Waals surface area contributed by atoms with Crippen molar-refractivity contribution in [1.29, 1.82) is 0 Å². The zero-order valence-electron chi connectivity index (χ0n) is 17.6. The van der Waals surface area contributed by atoms with E-state index in [4.69, 9.17) is 0 Å². The highest BCUT2D eigenvalue weighted by atomic mass is 16.1. The Morgan fingerprint density at radius 1 is 0.731 bits per heavy atom. The van der Waals surface area contributed by atoms with E-state index in [-0.39, 0.29) is 5.92 Å². The van der Waals surface area contributed by atoms with Crippen LogP contribution in [-0.4, -0.2) is 18.9 Å². The second-order valence-electron chi connectivity index (χ2n) is 6.29. The maximum atomic E-state index is 10.2. The summed E-state index contributed by atoms with van der Waals surface area (Å²) in [5.41, 5.74) is 0. The zero-order chi connectivity index (χ0) is 20.3. The first-order valence-corrected chi connectivity index (χ1v) is 10.3. The van der Waals surface area contributed by atoms with Gasteiger partial charge in [0.1, 0.15) is 18.9 Å². The van der Waals surface area contributed by atoms with E-state index in [1.807, 2.05) is 19.1 Å². The fourth-order valence-electron chi connectivity index (χ4n) is 1.91. The first kappa shape index (κ1) is 29.3. The normalized spacial score (nSPS) is 11.2. The summed E-state index contributed by atoms with van der Waals surface area (Å²) >= 11 is 0. The molecule has 152 valence electrons. The van der Waals surface area contributed by atoms with Gasteiger partial charge in [-0.1, -0.05) is 84.4 Å². The van der Waals surface area contributed by atoms with Crippen LogP contribution in [0, 0.1) is 5.92 Å². The third-order valence-corrected chi connectivity index (χ3v) is 3.52. The third-order valence-electron chi connectivity index (χ3n) is 3.52. The quantitative estimate of drug-likeness (QED) is 0.149. The maximum Gasteiger partial charge on any atom is 0.142 e. The van der Waals surface area contributed by atoms with E-state index < -0.39 is 0 Å². The van der Waals surface area contributed by atoms with Crippen molar-refractivity contribution in [3.63, 3.8) is 0 Å². The Morgan fingerprint density at radius 3 is 1.92 bits per heavy atom. The fourth-order valence-corrected chi connectivity index (χ4v) is 1.91. The molecule has 3 nitrogen and oxygen atoms in total. The molecule has 0 aliphatic rings. The summed E-state index contributed by atoms with van der Waals surface area (Å²) in [4.78, 5) is 29.6. The van der Waals surface area contributed by atoms with Crippen LogP contribution in [0.3, 0.4) is 0 Å². The van der Waals surface area contributed by atoms with E-state index in [9.17, 15) is 14.4 Å². The highest BCUT2D eigenvalue weighted by molar-refractivity contribution is 5.64. The van der Waals surface area contributed by atoms with Crippen molar-refractivity contribution in [2.45, 2.75) is 98.3 Å². The van der Waals surface area contributed by atoms with Gasteiger partial charge >= 0.3 is 0 Å². The summed E-state index contributed by atoms with van der Waals surface area (Å²) in [5.74, 6) is 0.275. The highest BCUT2D eigenvalue weighted by Gasteiger charge is 1.97. The molecule has 0 spiro atoms. The predicted octanol–water partition coefficient (Wildman–Crippen LogP) is 6.66. The first-order valence-electron chi connectivity index (χ1n) is 10.3. The molecular formula is C23H42O3. The lowest BCUT2D eigenvalue weighted by Crippen LogP contribution is -1.94. The Hall–Kier alpha value is -1.51. The molecule has 0 radical (unpaired) electrons. The van der Waals surface area contributed by atoms with Crippen LogP contribution in [0.25, 0.3) is 0 Å². The molecule has 0 saturated carbocycles. The average Bonchev–Trinajstić information content (AvgIpc) is 2.66. The summed E-state index contributed by atoms with van der Waals surface area (Å²) in [7, 11) is 0. The smallest absolute Gasteiger partial charge is 0.142 e. The fraction of sp³-hybridized carbons (Fsp3) is 0.696. The minimum Gasteiger partial charge on any atom is -0.303 e. The van der Waals surface area contributed by atoms with Crippen molar-refractivity contribution in [2.75, 3.05) is 0 Å². The predicted molar refractivity (Wildman–Crippen MR) is 113 cm³/mol. The second-order valence-corrected chi connectivity index (χ2v) is 6.29. The molecule has 0 N–H and O–H groups in total. The maximum absolute atomic E-state index is 10.2. The first-order chi connectivity index (χ1) is 12.6. The van der Waals surface area contributed by atoms with Crippen LogP contribution in [0.2, 0.25) is 0 Å². The number of carbonyl (C=O) groups excluding carboxylic acids is 3. The molecule has 1 atom stereocenters. The van der Waals surface area contributed by atoms with Gasteiger partial charge in [-0.05, 0) is 31.8 Å². The van der Waals surface area contributed by atoms with Crippen molar-refractivity contribution < 1.29 is 14.4 Å². The van der Waals surface area contributed by atoms with Crippen LogP contribution >= 0.6 is 0 Å². The summed E-state index contributed by atoms with van der Waals surface area (Å²) < 4.78 is 0. The summed E-state index contributed by atoms with van der Waals surface area (Å²) in [6.45, 7) is 8.37. The van der Waals surface area contributed by atoms with Crippen LogP contribution in [-0.2, 0) is 14.4 Å². The van der Waals surface area contributed by atoms with E-state index >= 15 is 0 Å². The van der Waals surface area contributed by atoms with Gasteiger partial charge in [0.15, 0.2) is 0 Å². The van der Waals surface area contributed by atoms with Crippen LogP contribution in [0.5, 0.6) is 0 Å². The van der Waals surface area contributed by atoms with Crippen molar-refractivity contribution in [3.8, 4) is 0 Å². The molecule has 0 amide bonds. The van der Waals surface area contributed by atoms with Gasteiger partial charge < -0.3 is 9.59 Å². The monoisotopic (exact) mass is 366 g/mol. The molecule has 0 aliphatic heterocycles. The number of unbranched alkanes of at least 4 members (excludes halogenated alkanes) is 6. The molecule has 0 aromatic carbocycles. The van der Waals surface area contributed by atoms with Crippen molar-refractivity contribution >= 4 is 18.9 Å². The summed E-state index contributed by atoms with van der Waals surface area (Å²) in [6, 6.07) is 0. The molecule has 0 aliphatic carbocycles. The van der Waals surface area contributed by atoms with Gasteiger partial charge in [-0.25, -0.2) is 0 Å². The lowest BCUT2D eigenvalue weighted by atomic mass is 10.0. The minimum atomic E-state index is 0.275. The highest BCUT2D eigenvalue weighted by Crippen LogP contribution is 2.09. The number of hydrogen-bond acceptors (Lipinski definition) is 3. The molecule has 0 saturated heterocycles. The van der Waals surface area contributed by atoms with Gasteiger partial charge in [-0.15, -0.1) is 0 Å². The van der Waals surface area contributed by atoms with E-state index in [1.54, 1.807) is 0 Å². The Bertz CT molecular complexity index is 332. The molecule has 0 heterocycles. The Labute approximate surface area is 162 Å². The molecule has 0 bridgehead atoms.